The minimum Gasteiger partial charge on any atom is -0.336 e. The standard InChI is InChI=1S/C16H22N4O2/c1-3-18-13-6-4-5-7-14(13)20(16(18)22)11-15(21)19-9-8-17-10-12(19)2/h4-7,12,17H,3,8-11H2,1-2H3/t12-/m0/s1. The van der Waals surface area contributed by atoms with E-state index in [-0.39, 0.29) is 24.2 Å². The van der Waals surface area contributed by atoms with Crippen molar-refractivity contribution in [2.24, 2.45) is 0 Å². The molecule has 0 radical (unpaired) electrons. The Morgan fingerprint density at radius 1 is 1.27 bits per heavy atom. The highest BCUT2D eigenvalue weighted by atomic mass is 16.2. The summed E-state index contributed by atoms with van der Waals surface area (Å²) in [6.07, 6.45) is 0. The molecule has 1 fully saturated rings. The molecule has 2 aromatic rings. The third kappa shape index (κ3) is 2.43. The monoisotopic (exact) mass is 302 g/mol. The van der Waals surface area contributed by atoms with E-state index in [0.717, 1.165) is 24.1 Å². The van der Waals surface area contributed by atoms with Gasteiger partial charge >= 0.3 is 5.69 Å². The highest BCUT2D eigenvalue weighted by Crippen LogP contribution is 2.13. The van der Waals surface area contributed by atoms with Crippen molar-refractivity contribution in [2.75, 3.05) is 19.6 Å². The van der Waals surface area contributed by atoms with E-state index in [2.05, 4.69) is 5.32 Å². The molecule has 1 N–H and O–H groups in total. The van der Waals surface area contributed by atoms with E-state index in [9.17, 15) is 9.59 Å². The highest BCUT2D eigenvalue weighted by molar-refractivity contribution is 5.81. The number of carbonyl (C=O) groups excluding carboxylic acids is 1. The molecule has 0 spiro atoms. The molecule has 1 amide bonds. The molecule has 6 nitrogen and oxygen atoms in total. The van der Waals surface area contributed by atoms with Crippen LogP contribution >= 0.6 is 0 Å². The first-order valence-electron chi connectivity index (χ1n) is 7.81. The van der Waals surface area contributed by atoms with Crippen molar-refractivity contribution in [1.82, 2.24) is 19.4 Å². The van der Waals surface area contributed by atoms with Crippen molar-refractivity contribution in [3.05, 3.63) is 34.7 Å². The largest absolute Gasteiger partial charge is 0.336 e. The number of nitrogens with one attached hydrogen (secondary N) is 1. The fourth-order valence-electron chi connectivity index (χ4n) is 3.17. The molecule has 1 aliphatic heterocycles. The Balaban J connectivity index is 1.95. The van der Waals surface area contributed by atoms with Crippen molar-refractivity contribution >= 4 is 16.9 Å². The summed E-state index contributed by atoms with van der Waals surface area (Å²) in [7, 11) is 0. The number of aryl methyl sites for hydroxylation is 1. The molecule has 1 aliphatic rings. The van der Waals surface area contributed by atoms with Crippen molar-refractivity contribution in [3.8, 4) is 0 Å². The molecule has 1 aromatic heterocycles. The highest BCUT2D eigenvalue weighted by Gasteiger charge is 2.24. The number of para-hydroxylation sites is 2. The van der Waals surface area contributed by atoms with Gasteiger partial charge in [-0.25, -0.2) is 4.79 Å². The minimum atomic E-state index is -0.111. The van der Waals surface area contributed by atoms with Crippen LogP contribution in [0.1, 0.15) is 13.8 Å². The summed E-state index contributed by atoms with van der Waals surface area (Å²) in [5, 5.41) is 3.27. The second kappa shape index (κ2) is 5.96. The van der Waals surface area contributed by atoms with E-state index in [0.29, 0.717) is 13.1 Å². The lowest BCUT2D eigenvalue weighted by atomic mass is 10.2. The summed E-state index contributed by atoms with van der Waals surface area (Å²) in [6, 6.07) is 7.80. The van der Waals surface area contributed by atoms with Crippen molar-refractivity contribution in [2.45, 2.75) is 33.0 Å². The molecule has 2 heterocycles. The number of hydrogen-bond acceptors (Lipinski definition) is 3. The van der Waals surface area contributed by atoms with Crippen LogP contribution in [0, 0.1) is 0 Å². The van der Waals surface area contributed by atoms with Crippen LogP contribution in [0.5, 0.6) is 0 Å². The fourth-order valence-corrected chi connectivity index (χ4v) is 3.17. The van der Waals surface area contributed by atoms with Gasteiger partial charge in [-0.1, -0.05) is 12.1 Å². The van der Waals surface area contributed by atoms with Gasteiger partial charge in [-0.15, -0.1) is 0 Å². The summed E-state index contributed by atoms with van der Waals surface area (Å²) >= 11 is 0. The number of amides is 1. The second-order valence-electron chi connectivity index (χ2n) is 5.74. The topological polar surface area (TPSA) is 59.3 Å². The molecule has 1 atom stereocenters. The van der Waals surface area contributed by atoms with Gasteiger partial charge < -0.3 is 10.2 Å². The van der Waals surface area contributed by atoms with Gasteiger partial charge in [-0.2, -0.15) is 0 Å². The third-order valence-electron chi connectivity index (χ3n) is 4.36. The molecule has 22 heavy (non-hydrogen) atoms. The van der Waals surface area contributed by atoms with Crippen LogP contribution in [0.15, 0.2) is 29.1 Å². The van der Waals surface area contributed by atoms with E-state index >= 15 is 0 Å². The van der Waals surface area contributed by atoms with Gasteiger partial charge in [-0.05, 0) is 26.0 Å². The van der Waals surface area contributed by atoms with E-state index in [1.807, 2.05) is 43.0 Å². The number of rotatable bonds is 3. The zero-order valence-electron chi connectivity index (χ0n) is 13.1. The summed E-state index contributed by atoms with van der Waals surface area (Å²) in [6.45, 7) is 6.99. The summed E-state index contributed by atoms with van der Waals surface area (Å²) < 4.78 is 3.31. The van der Waals surface area contributed by atoms with Gasteiger partial charge in [0.15, 0.2) is 0 Å². The Kier molecular flexibility index (Phi) is 4.02. The lowest BCUT2D eigenvalue weighted by Gasteiger charge is -2.34. The smallest absolute Gasteiger partial charge is 0.329 e. The molecule has 0 bridgehead atoms. The molecule has 1 saturated heterocycles. The Labute approximate surface area is 129 Å². The Hall–Kier alpha value is -2.08. The SMILES string of the molecule is CCn1c(=O)n(CC(=O)N2CCNC[C@@H]2C)c2ccccc21. The number of piperazine rings is 1. The van der Waals surface area contributed by atoms with Crippen LogP contribution in [0.4, 0.5) is 0 Å². The summed E-state index contributed by atoms with van der Waals surface area (Å²) in [5.74, 6) is 0.00936. The van der Waals surface area contributed by atoms with Crippen molar-refractivity contribution < 1.29 is 4.79 Å². The molecule has 0 saturated carbocycles. The Morgan fingerprint density at radius 2 is 1.95 bits per heavy atom. The first kappa shape index (κ1) is 14.8. The first-order chi connectivity index (χ1) is 10.6. The number of benzene rings is 1. The lowest BCUT2D eigenvalue weighted by Crippen LogP contribution is -2.53. The van der Waals surface area contributed by atoms with Gasteiger partial charge in [-0.3, -0.25) is 13.9 Å². The molecule has 6 heteroatoms. The molecule has 118 valence electrons. The lowest BCUT2D eigenvalue weighted by molar-refractivity contribution is -0.134. The third-order valence-corrected chi connectivity index (χ3v) is 4.36. The van der Waals surface area contributed by atoms with E-state index in [1.54, 1.807) is 9.13 Å². The van der Waals surface area contributed by atoms with Crippen LogP contribution in [0.2, 0.25) is 0 Å². The first-order valence-corrected chi connectivity index (χ1v) is 7.81. The quantitative estimate of drug-likeness (QED) is 0.905. The van der Waals surface area contributed by atoms with E-state index in [1.165, 1.54) is 0 Å². The molecule has 3 rings (SSSR count). The molecule has 0 aliphatic carbocycles. The second-order valence-corrected chi connectivity index (χ2v) is 5.74. The van der Waals surface area contributed by atoms with Crippen molar-refractivity contribution in [3.63, 3.8) is 0 Å². The van der Waals surface area contributed by atoms with Crippen LogP contribution in [0.3, 0.4) is 0 Å². The summed E-state index contributed by atoms with van der Waals surface area (Å²) in [5.41, 5.74) is 1.60. The Bertz CT molecular complexity index is 746. The number of aromatic nitrogens is 2. The zero-order valence-corrected chi connectivity index (χ0v) is 13.1. The van der Waals surface area contributed by atoms with Gasteiger partial charge in [0.2, 0.25) is 5.91 Å². The van der Waals surface area contributed by atoms with Crippen LogP contribution in [-0.2, 0) is 17.9 Å². The maximum atomic E-state index is 12.6. The van der Waals surface area contributed by atoms with E-state index in [4.69, 9.17) is 0 Å². The van der Waals surface area contributed by atoms with Crippen molar-refractivity contribution in [1.29, 1.82) is 0 Å². The van der Waals surface area contributed by atoms with E-state index < -0.39 is 0 Å². The summed E-state index contributed by atoms with van der Waals surface area (Å²) in [4.78, 5) is 27.0. The molecule has 0 unspecified atom stereocenters. The van der Waals surface area contributed by atoms with Gasteiger partial charge in [0, 0.05) is 32.2 Å². The van der Waals surface area contributed by atoms with Gasteiger partial charge in [0.25, 0.3) is 0 Å². The average Bonchev–Trinajstić information content (AvgIpc) is 2.79. The van der Waals surface area contributed by atoms with Crippen LogP contribution in [-0.4, -0.2) is 45.6 Å². The van der Waals surface area contributed by atoms with Gasteiger partial charge in [0.1, 0.15) is 6.54 Å². The number of imidazole rings is 1. The van der Waals surface area contributed by atoms with Gasteiger partial charge in [0.05, 0.1) is 11.0 Å². The number of nitrogens with zero attached hydrogens (tertiary/aromatic N) is 3. The Morgan fingerprint density at radius 3 is 2.59 bits per heavy atom. The van der Waals surface area contributed by atoms with Crippen LogP contribution < -0.4 is 11.0 Å². The minimum absolute atomic E-state index is 0.00936. The normalized spacial score (nSPS) is 18.8. The average molecular weight is 302 g/mol. The number of hydrogen-bond donors (Lipinski definition) is 1. The maximum absolute atomic E-state index is 12.6. The molecule has 1 aromatic carbocycles. The predicted octanol–water partition coefficient (Wildman–Crippen LogP) is 0.643. The fraction of sp³-hybridized carbons (Fsp3) is 0.500. The van der Waals surface area contributed by atoms with Crippen LogP contribution in [0.25, 0.3) is 11.0 Å². The number of carbonyl (C=O) groups is 1. The predicted molar refractivity (Wildman–Crippen MR) is 85.9 cm³/mol. The maximum Gasteiger partial charge on any atom is 0.329 e. The molecular formula is C16H22N4O2. The zero-order chi connectivity index (χ0) is 15.7. The number of fused-ring (bicyclic) bond motifs is 1. The molecular weight excluding hydrogens is 280 g/mol.